The van der Waals surface area contributed by atoms with Gasteiger partial charge in [0.15, 0.2) is 5.82 Å². The fraction of sp³-hybridized carbons (Fsp3) is 0.0435. The molecule has 148 valence electrons. The topological polar surface area (TPSA) is 93.4 Å². The van der Waals surface area contributed by atoms with Crippen molar-refractivity contribution < 1.29 is 0 Å². The second kappa shape index (κ2) is 8.41. The molecule has 3 N–H and O–H groups in total. The maximum absolute atomic E-state index is 5.76. The Kier molecular flexibility index (Phi) is 5.52. The lowest BCUT2D eigenvalue weighted by Crippen LogP contribution is -1.97. The van der Waals surface area contributed by atoms with Gasteiger partial charge < -0.3 is 5.73 Å². The summed E-state index contributed by atoms with van der Waals surface area (Å²) < 4.78 is 0. The predicted molar refractivity (Wildman–Crippen MR) is 121 cm³/mol. The minimum Gasteiger partial charge on any atom is -0.326 e. The number of pyridine rings is 2. The molecule has 6 nitrogen and oxygen atoms in total. The molecule has 0 aliphatic rings. The van der Waals surface area contributed by atoms with E-state index in [4.69, 9.17) is 10.7 Å². The van der Waals surface area contributed by atoms with Gasteiger partial charge in [-0.3, -0.25) is 10.1 Å². The lowest BCUT2D eigenvalue weighted by Gasteiger charge is -2.13. The van der Waals surface area contributed by atoms with Crippen LogP contribution in [0, 0.1) is 0 Å². The number of rotatable bonds is 4. The Hall–Kier alpha value is -3.61. The Morgan fingerprint density at radius 1 is 0.833 bits per heavy atom. The van der Waals surface area contributed by atoms with Gasteiger partial charge in [-0.25, -0.2) is 9.97 Å². The quantitative estimate of drug-likeness (QED) is 0.447. The molecule has 30 heavy (non-hydrogen) atoms. The predicted octanol–water partition coefficient (Wildman–Crippen LogP) is 4.63. The average Bonchev–Trinajstić information content (AvgIpc) is 3.33. The highest BCUT2D eigenvalue weighted by Crippen LogP contribution is 2.35. The zero-order chi connectivity index (χ0) is 19.6. The van der Waals surface area contributed by atoms with Crippen LogP contribution in [-0.2, 0) is 6.54 Å². The molecule has 3 heterocycles. The molecule has 0 unspecified atom stereocenters. The van der Waals surface area contributed by atoms with Crippen molar-refractivity contribution in [1.29, 1.82) is 0 Å². The van der Waals surface area contributed by atoms with Crippen LogP contribution in [0.3, 0.4) is 0 Å². The summed E-state index contributed by atoms with van der Waals surface area (Å²) in [6.45, 7) is 0.517. The average molecular weight is 415 g/mol. The van der Waals surface area contributed by atoms with E-state index in [9.17, 15) is 0 Å². The molecule has 3 aromatic heterocycles. The summed E-state index contributed by atoms with van der Waals surface area (Å²) in [4.78, 5) is 13.8. The van der Waals surface area contributed by atoms with Gasteiger partial charge >= 0.3 is 0 Å². The molecule has 5 aromatic rings. The molecule has 0 amide bonds. The van der Waals surface area contributed by atoms with Gasteiger partial charge in [0.2, 0.25) is 0 Å². The third kappa shape index (κ3) is 3.54. The van der Waals surface area contributed by atoms with E-state index in [1.807, 2.05) is 36.4 Å². The second-order valence-corrected chi connectivity index (χ2v) is 6.71. The van der Waals surface area contributed by atoms with Crippen molar-refractivity contribution in [3.8, 4) is 33.9 Å². The number of benzene rings is 2. The highest BCUT2D eigenvalue weighted by Gasteiger charge is 2.15. The first-order valence-corrected chi connectivity index (χ1v) is 9.34. The minimum absolute atomic E-state index is 0. The fourth-order valence-electron chi connectivity index (χ4n) is 3.46. The zero-order valence-electron chi connectivity index (χ0n) is 16.0. The van der Waals surface area contributed by atoms with Gasteiger partial charge in [0.05, 0.1) is 11.2 Å². The Labute approximate surface area is 179 Å². The standard InChI is InChI=1S/C23H18N6.ClH/c24-13-15-6-8-17(9-7-15)21-18(16-4-2-1-3-5-16)12-19-20(28-21)10-11-25-22(19)23-26-14-27-29-23;/h1-12,14H,13,24H2,(H,26,27,29);1H. The molecule has 7 heteroatoms. The Balaban J connectivity index is 0.00000218. The van der Waals surface area contributed by atoms with Gasteiger partial charge in [0.25, 0.3) is 0 Å². The van der Waals surface area contributed by atoms with Crippen molar-refractivity contribution in [3.05, 3.63) is 84.8 Å². The summed E-state index contributed by atoms with van der Waals surface area (Å²) in [6, 6.07) is 22.5. The van der Waals surface area contributed by atoms with Crippen molar-refractivity contribution in [3.63, 3.8) is 0 Å². The summed E-state index contributed by atoms with van der Waals surface area (Å²) in [6.07, 6.45) is 3.23. The van der Waals surface area contributed by atoms with E-state index in [0.717, 1.165) is 44.5 Å². The molecule has 0 fully saturated rings. The first-order chi connectivity index (χ1) is 14.3. The van der Waals surface area contributed by atoms with E-state index in [2.05, 4.69) is 50.5 Å². The highest BCUT2D eigenvalue weighted by atomic mass is 35.5. The van der Waals surface area contributed by atoms with Crippen LogP contribution in [0.15, 0.2) is 79.3 Å². The zero-order valence-corrected chi connectivity index (χ0v) is 16.8. The molecule has 5 rings (SSSR count). The van der Waals surface area contributed by atoms with E-state index in [0.29, 0.717) is 12.4 Å². The van der Waals surface area contributed by atoms with Crippen molar-refractivity contribution >= 4 is 23.3 Å². The van der Waals surface area contributed by atoms with Crippen LogP contribution in [0.1, 0.15) is 5.56 Å². The highest BCUT2D eigenvalue weighted by molar-refractivity contribution is 5.97. The summed E-state index contributed by atoms with van der Waals surface area (Å²) in [5, 5.41) is 7.78. The maximum atomic E-state index is 5.76. The van der Waals surface area contributed by atoms with Crippen LogP contribution in [0.25, 0.3) is 44.8 Å². The van der Waals surface area contributed by atoms with Crippen molar-refractivity contribution in [2.45, 2.75) is 6.54 Å². The van der Waals surface area contributed by atoms with Crippen LogP contribution in [0.2, 0.25) is 0 Å². The van der Waals surface area contributed by atoms with E-state index in [1.165, 1.54) is 6.33 Å². The van der Waals surface area contributed by atoms with Gasteiger partial charge in [-0.1, -0.05) is 54.6 Å². The van der Waals surface area contributed by atoms with Crippen molar-refractivity contribution in [2.24, 2.45) is 5.73 Å². The van der Waals surface area contributed by atoms with Gasteiger partial charge in [0, 0.05) is 29.3 Å². The van der Waals surface area contributed by atoms with Crippen molar-refractivity contribution in [1.82, 2.24) is 25.1 Å². The molecule has 0 saturated carbocycles. The number of nitrogens with one attached hydrogen (secondary N) is 1. The fourth-order valence-corrected chi connectivity index (χ4v) is 3.46. The monoisotopic (exact) mass is 414 g/mol. The first kappa shape index (κ1) is 19.7. The normalized spacial score (nSPS) is 10.7. The number of hydrogen-bond acceptors (Lipinski definition) is 5. The molecule has 0 aliphatic heterocycles. The molecule has 0 atom stereocenters. The number of fused-ring (bicyclic) bond motifs is 1. The molecule has 0 aliphatic carbocycles. The van der Waals surface area contributed by atoms with Gasteiger partial charge in [-0.15, -0.1) is 12.4 Å². The summed E-state index contributed by atoms with van der Waals surface area (Å²) in [5.74, 6) is 0.622. The number of H-pyrrole nitrogens is 1. The van der Waals surface area contributed by atoms with Crippen LogP contribution in [-0.4, -0.2) is 25.1 Å². The van der Waals surface area contributed by atoms with Crippen molar-refractivity contribution in [2.75, 3.05) is 0 Å². The molecule has 2 aromatic carbocycles. The van der Waals surface area contributed by atoms with Gasteiger partial charge in [-0.2, -0.15) is 5.10 Å². The smallest absolute Gasteiger partial charge is 0.174 e. The van der Waals surface area contributed by atoms with Gasteiger partial charge in [-0.05, 0) is 23.3 Å². The molecular weight excluding hydrogens is 396 g/mol. The van der Waals surface area contributed by atoms with Crippen LogP contribution in [0.5, 0.6) is 0 Å². The van der Waals surface area contributed by atoms with Crippen LogP contribution in [0.4, 0.5) is 0 Å². The summed E-state index contributed by atoms with van der Waals surface area (Å²) in [5.41, 5.74) is 12.5. The van der Waals surface area contributed by atoms with E-state index >= 15 is 0 Å². The third-order valence-corrected chi connectivity index (χ3v) is 4.93. The van der Waals surface area contributed by atoms with Gasteiger partial charge in [0.1, 0.15) is 12.0 Å². The maximum Gasteiger partial charge on any atom is 0.174 e. The van der Waals surface area contributed by atoms with E-state index in [-0.39, 0.29) is 12.4 Å². The lowest BCUT2D eigenvalue weighted by molar-refractivity contribution is 1.07. The molecule has 0 saturated heterocycles. The van der Waals surface area contributed by atoms with Crippen LogP contribution < -0.4 is 5.73 Å². The lowest BCUT2D eigenvalue weighted by atomic mass is 9.96. The molecule has 0 radical (unpaired) electrons. The first-order valence-electron chi connectivity index (χ1n) is 9.34. The molecule has 0 spiro atoms. The number of aromatic amines is 1. The number of hydrogen-bond donors (Lipinski definition) is 2. The number of nitrogens with zero attached hydrogens (tertiary/aromatic N) is 4. The molecular formula is C23H19ClN6. The van der Waals surface area contributed by atoms with E-state index in [1.54, 1.807) is 6.20 Å². The Morgan fingerprint density at radius 2 is 1.63 bits per heavy atom. The summed E-state index contributed by atoms with van der Waals surface area (Å²) >= 11 is 0. The Morgan fingerprint density at radius 3 is 2.33 bits per heavy atom. The minimum atomic E-state index is 0. The number of nitrogens with two attached hydrogens (primary N) is 1. The largest absolute Gasteiger partial charge is 0.326 e. The third-order valence-electron chi connectivity index (χ3n) is 4.93. The second-order valence-electron chi connectivity index (χ2n) is 6.71. The summed E-state index contributed by atoms with van der Waals surface area (Å²) in [7, 11) is 0. The molecule has 0 bridgehead atoms. The number of aromatic nitrogens is 5. The Bertz CT molecular complexity index is 1270. The SMILES string of the molecule is Cl.NCc1ccc(-c2nc3ccnc(-c4ncn[nH]4)c3cc2-c2ccccc2)cc1. The van der Waals surface area contributed by atoms with Crippen LogP contribution >= 0.6 is 12.4 Å². The number of halogens is 1. The van der Waals surface area contributed by atoms with E-state index < -0.39 is 0 Å².